The Bertz CT molecular complexity index is 93.6. The zero-order chi connectivity index (χ0) is 7.82. The third-order valence-corrected chi connectivity index (χ3v) is 1.34. The molecular formula is C7H14NO2. The van der Waals surface area contributed by atoms with E-state index in [0.717, 1.165) is 25.7 Å². The molecule has 0 saturated carbocycles. The minimum absolute atomic E-state index is 0.185. The molecule has 0 aliphatic rings. The van der Waals surface area contributed by atoms with Gasteiger partial charge in [-0.05, 0) is 19.4 Å². The maximum atomic E-state index is 9.90. The molecule has 10 heavy (non-hydrogen) atoms. The molecule has 0 heterocycles. The molecule has 0 saturated heterocycles. The summed E-state index contributed by atoms with van der Waals surface area (Å²) in [6.45, 7) is 0.700. The van der Waals surface area contributed by atoms with E-state index in [0.29, 0.717) is 6.54 Å². The van der Waals surface area contributed by atoms with Crippen molar-refractivity contribution in [2.75, 3.05) is 6.54 Å². The van der Waals surface area contributed by atoms with E-state index in [2.05, 4.69) is 0 Å². The Kier molecular flexibility index (Phi) is 6.18. The Labute approximate surface area is 61.2 Å². The number of hydrogen-bond acceptors (Lipinski definition) is 2. The Morgan fingerprint density at radius 2 is 1.70 bits per heavy atom. The van der Waals surface area contributed by atoms with Crippen molar-refractivity contribution in [3.05, 3.63) is 0 Å². The Morgan fingerprint density at radius 1 is 1.10 bits per heavy atom. The summed E-state index contributed by atoms with van der Waals surface area (Å²) >= 11 is 0. The van der Waals surface area contributed by atoms with E-state index in [1.807, 2.05) is 0 Å². The van der Waals surface area contributed by atoms with Crippen LogP contribution in [0, 0.1) is 0 Å². The van der Waals surface area contributed by atoms with Gasteiger partial charge in [0.05, 0.1) is 6.42 Å². The first-order valence-corrected chi connectivity index (χ1v) is 3.67. The van der Waals surface area contributed by atoms with E-state index in [4.69, 9.17) is 5.73 Å². The molecule has 2 N–H and O–H groups in total. The van der Waals surface area contributed by atoms with Crippen molar-refractivity contribution in [2.45, 2.75) is 32.1 Å². The largest absolute Gasteiger partial charge is 0.355 e. The summed E-state index contributed by atoms with van der Waals surface area (Å²) in [5.41, 5.74) is 5.24. The second-order valence-electron chi connectivity index (χ2n) is 2.32. The number of rotatable bonds is 6. The van der Waals surface area contributed by atoms with Crippen LogP contribution < -0.4 is 5.73 Å². The Morgan fingerprint density at radius 3 is 2.20 bits per heavy atom. The van der Waals surface area contributed by atoms with Gasteiger partial charge in [-0.2, -0.15) is 0 Å². The van der Waals surface area contributed by atoms with Gasteiger partial charge in [0.25, 0.3) is 0 Å². The first-order valence-electron chi connectivity index (χ1n) is 3.67. The zero-order valence-corrected chi connectivity index (χ0v) is 6.14. The third kappa shape index (κ3) is 7.43. The fraction of sp³-hybridized carbons (Fsp3) is 0.857. The van der Waals surface area contributed by atoms with Gasteiger partial charge in [-0.25, -0.2) is 9.90 Å². The van der Waals surface area contributed by atoms with Crippen LogP contribution in [-0.2, 0) is 9.90 Å². The lowest BCUT2D eigenvalue weighted by atomic mass is 10.1. The number of nitrogens with two attached hydrogens (primary N) is 1. The van der Waals surface area contributed by atoms with Crippen molar-refractivity contribution in [3.63, 3.8) is 0 Å². The third-order valence-electron chi connectivity index (χ3n) is 1.34. The fourth-order valence-electron chi connectivity index (χ4n) is 0.767. The van der Waals surface area contributed by atoms with Crippen molar-refractivity contribution >= 4 is 5.97 Å². The molecule has 0 aromatic heterocycles. The molecule has 0 aromatic rings. The highest BCUT2D eigenvalue weighted by atomic mass is 16.4. The van der Waals surface area contributed by atoms with Gasteiger partial charge in [0.2, 0.25) is 0 Å². The van der Waals surface area contributed by atoms with Gasteiger partial charge in [-0.15, -0.1) is 0 Å². The predicted octanol–water partition coefficient (Wildman–Crippen LogP) is 0.853. The van der Waals surface area contributed by atoms with Gasteiger partial charge < -0.3 is 5.73 Å². The normalized spacial score (nSPS) is 9.70. The summed E-state index contributed by atoms with van der Waals surface area (Å²) in [5.74, 6) is -0.951. The van der Waals surface area contributed by atoms with Crippen molar-refractivity contribution in [3.8, 4) is 0 Å². The molecule has 0 amide bonds. The minimum Gasteiger partial charge on any atom is -0.330 e. The van der Waals surface area contributed by atoms with Crippen LogP contribution in [0.3, 0.4) is 0 Å². The van der Waals surface area contributed by atoms with Crippen molar-refractivity contribution < 1.29 is 9.90 Å². The Hall–Kier alpha value is -0.570. The zero-order valence-electron chi connectivity index (χ0n) is 6.14. The van der Waals surface area contributed by atoms with Crippen molar-refractivity contribution in [2.24, 2.45) is 5.73 Å². The first kappa shape index (κ1) is 9.43. The van der Waals surface area contributed by atoms with E-state index < -0.39 is 5.97 Å². The van der Waals surface area contributed by atoms with Crippen LogP contribution in [-0.4, -0.2) is 12.5 Å². The Balaban J connectivity index is 2.84. The average molecular weight is 144 g/mol. The molecule has 0 unspecified atom stereocenters. The molecule has 0 bridgehead atoms. The van der Waals surface area contributed by atoms with Crippen molar-refractivity contribution in [1.29, 1.82) is 0 Å². The van der Waals surface area contributed by atoms with Crippen LogP contribution >= 0.6 is 0 Å². The van der Waals surface area contributed by atoms with Gasteiger partial charge in [-0.3, -0.25) is 0 Å². The van der Waals surface area contributed by atoms with Crippen LogP contribution in [0.15, 0.2) is 0 Å². The SMILES string of the molecule is NCCCCCCC([O])=O. The maximum absolute atomic E-state index is 9.90. The summed E-state index contributed by atoms with van der Waals surface area (Å²) in [6, 6.07) is 0. The molecule has 3 nitrogen and oxygen atoms in total. The molecule has 0 rings (SSSR count). The second kappa shape index (κ2) is 6.55. The summed E-state index contributed by atoms with van der Waals surface area (Å²) in [7, 11) is 0. The molecule has 0 fully saturated rings. The highest BCUT2D eigenvalue weighted by Crippen LogP contribution is 2.01. The lowest BCUT2D eigenvalue weighted by molar-refractivity contribution is -0.143. The highest BCUT2D eigenvalue weighted by molar-refractivity contribution is 5.66. The molecule has 0 aromatic carbocycles. The van der Waals surface area contributed by atoms with E-state index >= 15 is 0 Å². The highest BCUT2D eigenvalue weighted by Gasteiger charge is 1.97. The monoisotopic (exact) mass is 144 g/mol. The number of unbranched alkanes of at least 4 members (excludes halogenated alkanes) is 3. The van der Waals surface area contributed by atoms with Gasteiger partial charge in [-0.1, -0.05) is 12.8 Å². The molecular weight excluding hydrogens is 130 g/mol. The van der Waals surface area contributed by atoms with Gasteiger partial charge in [0.15, 0.2) is 0 Å². The quantitative estimate of drug-likeness (QED) is 0.562. The fourth-order valence-corrected chi connectivity index (χ4v) is 0.767. The molecule has 3 heteroatoms. The smallest absolute Gasteiger partial charge is 0.330 e. The van der Waals surface area contributed by atoms with E-state index in [1.54, 1.807) is 0 Å². The van der Waals surface area contributed by atoms with Gasteiger partial charge >= 0.3 is 5.97 Å². The molecule has 1 radical (unpaired) electrons. The van der Waals surface area contributed by atoms with E-state index in [9.17, 15) is 9.90 Å². The maximum Gasteiger partial charge on any atom is 0.355 e. The van der Waals surface area contributed by atoms with Crippen LogP contribution in [0.4, 0.5) is 0 Å². The van der Waals surface area contributed by atoms with Gasteiger partial charge in [0.1, 0.15) is 0 Å². The summed E-state index contributed by atoms with van der Waals surface area (Å²) in [4.78, 5) is 9.90. The molecule has 59 valence electrons. The average Bonchev–Trinajstić information content (AvgIpc) is 1.87. The number of hydrogen-bond donors (Lipinski definition) is 1. The standard InChI is InChI=1S/C7H14NO2/c8-6-4-2-1-3-5-7(9)10/h1-6,8H2. The van der Waals surface area contributed by atoms with E-state index in [-0.39, 0.29) is 6.42 Å². The van der Waals surface area contributed by atoms with E-state index in [1.165, 1.54) is 0 Å². The van der Waals surface area contributed by atoms with Gasteiger partial charge in [0, 0.05) is 0 Å². The molecule has 0 aliphatic heterocycles. The van der Waals surface area contributed by atoms with Crippen LogP contribution in [0.5, 0.6) is 0 Å². The van der Waals surface area contributed by atoms with Crippen LogP contribution in [0.2, 0.25) is 0 Å². The first-order chi connectivity index (χ1) is 4.77. The van der Waals surface area contributed by atoms with Crippen molar-refractivity contribution in [1.82, 2.24) is 0 Å². The van der Waals surface area contributed by atoms with Crippen LogP contribution in [0.25, 0.3) is 0 Å². The summed E-state index contributed by atoms with van der Waals surface area (Å²) in [5, 5.41) is 9.90. The molecule has 0 atom stereocenters. The predicted molar refractivity (Wildman–Crippen MR) is 37.8 cm³/mol. The number of carbonyl (C=O) groups is 1. The number of carbonyl (C=O) groups excluding carboxylic acids is 1. The lowest BCUT2D eigenvalue weighted by Gasteiger charge is -1.94. The second-order valence-corrected chi connectivity index (χ2v) is 2.32. The molecule has 0 aliphatic carbocycles. The summed E-state index contributed by atoms with van der Waals surface area (Å²) in [6.07, 6.45) is 3.88. The minimum atomic E-state index is -0.951. The topological polar surface area (TPSA) is 63.0 Å². The summed E-state index contributed by atoms with van der Waals surface area (Å²) < 4.78 is 0. The lowest BCUT2D eigenvalue weighted by Crippen LogP contribution is -1.98. The molecule has 0 spiro atoms. The van der Waals surface area contributed by atoms with Crippen LogP contribution in [0.1, 0.15) is 32.1 Å².